The van der Waals surface area contributed by atoms with Crippen LogP contribution in [-0.4, -0.2) is 44.5 Å². The van der Waals surface area contributed by atoms with Crippen molar-refractivity contribution in [3.05, 3.63) is 11.9 Å². The van der Waals surface area contributed by atoms with Crippen molar-refractivity contribution in [3.8, 4) is 11.4 Å². The van der Waals surface area contributed by atoms with E-state index in [1.165, 1.54) is 0 Å². The van der Waals surface area contributed by atoms with E-state index < -0.39 is 0 Å². The van der Waals surface area contributed by atoms with Crippen LogP contribution < -0.4 is 10.6 Å². The predicted octanol–water partition coefficient (Wildman–Crippen LogP) is 1.07. The van der Waals surface area contributed by atoms with Crippen LogP contribution in [0.1, 0.15) is 25.5 Å². The van der Waals surface area contributed by atoms with E-state index in [2.05, 4.69) is 37.2 Å². The second-order valence-electron chi connectivity index (χ2n) is 5.58. The fraction of sp³-hybridized carbons (Fsp3) is 0.615. The molecule has 7 nitrogen and oxygen atoms in total. The summed E-state index contributed by atoms with van der Waals surface area (Å²) in [6.45, 7) is 5.99. The maximum atomic E-state index is 5.97. The van der Waals surface area contributed by atoms with E-state index in [0.29, 0.717) is 5.92 Å². The Labute approximate surface area is 118 Å². The zero-order valence-electron chi connectivity index (χ0n) is 11.9. The Hall–Kier alpha value is -1.89. The smallest absolute Gasteiger partial charge is 0.245 e. The number of piperidine rings is 1. The number of H-pyrrole nitrogens is 2. The quantitative estimate of drug-likeness (QED) is 0.778. The van der Waals surface area contributed by atoms with Crippen molar-refractivity contribution < 1.29 is 0 Å². The van der Waals surface area contributed by atoms with Crippen molar-refractivity contribution in [3.63, 3.8) is 0 Å². The molecule has 0 amide bonds. The average molecular weight is 275 g/mol. The summed E-state index contributed by atoms with van der Waals surface area (Å²) in [5.74, 6) is 2.14. The second kappa shape index (κ2) is 5.24. The molecule has 0 aromatic carbocycles. The molecule has 1 fully saturated rings. The molecular formula is C13H21N7. The van der Waals surface area contributed by atoms with Crippen LogP contribution in [0, 0.1) is 12.8 Å². The van der Waals surface area contributed by atoms with Crippen LogP contribution in [0.15, 0.2) is 6.20 Å². The van der Waals surface area contributed by atoms with Crippen molar-refractivity contribution in [1.82, 2.24) is 25.4 Å². The van der Waals surface area contributed by atoms with E-state index in [1.807, 2.05) is 6.92 Å². The summed E-state index contributed by atoms with van der Waals surface area (Å²) < 4.78 is 0. The highest BCUT2D eigenvalue weighted by atomic mass is 15.4. The molecule has 1 saturated heterocycles. The van der Waals surface area contributed by atoms with Gasteiger partial charge in [-0.05, 0) is 32.6 Å². The molecule has 3 rings (SSSR count). The third-order valence-corrected chi connectivity index (χ3v) is 4.12. The number of rotatable bonds is 3. The van der Waals surface area contributed by atoms with Gasteiger partial charge in [0.05, 0.1) is 11.8 Å². The summed E-state index contributed by atoms with van der Waals surface area (Å²) in [5.41, 5.74) is 7.93. The predicted molar refractivity (Wildman–Crippen MR) is 77.3 cm³/mol. The minimum absolute atomic E-state index is 0.272. The van der Waals surface area contributed by atoms with Crippen LogP contribution in [0.3, 0.4) is 0 Å². The Morgan fingerprint density at radius 3 is 2.70 bits per heavy atom. The van der Waals surface area contributed by atoms with E-state index in [1.54, 1.807) is 6.20 Å². The first-order valence-corrected chi connectivity index (χ1v) is 7.08. The van der Waals surface area contributed by atoms with Crippen LogP contribution in [0.5, 0.6) is 0 Å². The maximum absolute atomic E-state index is 5.97. The molecule has 0 radical (unpaired) electrons. The normalized spacial score (nSPS) is 18.4. The van der Waals surface area contributed by atoms with Crippen LogP contribution >= 0.6 is 0 Å². The van der Waals surface area contributed by atoms with E-state index in [9.17, 15) is 0 Å². The lowest BCUT2D eigenvalue weighted by atomic mass is 9.91. The van der Waals surface area contributed by atoms with Crippen molar-refractivity contribution >= 4 is 5.95 Å². The first-order valence-electron chi connectivity index (χ1n) is 7.08. The highest BCUT2D eigenvalue weighted by Gasteiger charge is 2.24. The van der Waals surface area contributed by atoms with E-state index >= 15 is 0 Å². The van der Waals surface area contributed by atoms with Crippen LogP contribution in [0.4, 0.5) is 5.95 Å². The maximum Gasteiger partial charge on any atom is 0.245 e. The topological polar surface area (TPSA) is 99.5 Å². The van der Waals surface area contributed by atoms with Crippen LogP contribution in [-0.2, 0) is 0 Å². The third kappa shape index (κ3) is 2.40. The molecule has 1 unspecified atom stereocenters. The number of hydrogen-bond donors (Lipinski definition) is 3. The second-order valence-corrected chi connectivity index (χ2v) is 5.58. The first-order chi connectivity index (χ1) is 9.65. The van der Waals surface area contributed by atoms with Crippen LogP contribution in [0.2, 0.25) is 0 Å². The molecule has 20 heavy (non-hydrogen) atoms. The molecule has 7 heteroatoms. The van der Waals surface area contributed by atoms with Gasteiger partial charge in [0.1, 0.15) is 0 Å². The fourth-order valence-electron chi connectivity index (χ4n) is 2.73. The number of nitrogens with two attached hydrogens (primary N) is 1. The summed E-state index contributed by atoms with van der Waals surface area (Å²) in [6, 6.07) is 0.272. The molecule has 3 heterocycles. The van der Waals surface area contributed by atoms with Crippen molar-refractivity contribution in [2.75, 3.05) is 18.0 Å². The zero-order valence-corrected chi connectivity index (χ0v) is 11.9. The molecule has 4 N–H and O–H groups in total. The molecule has 1 atom stereocenters. The van der Waals surface area contributed by atoms with Crippen LogP contribution in [0.25, 0.3) is 11.4 Å². The Bertz CT molecular complexity index is 563. The van der Waals surface area contributed by atoms with Gasteiger partial charge in [0.15, 0.2) is 5.82 Å². The number of anilines is 1. The molecule has 1 aliphatic heterocycles. The first kappa shape index (κ1) is 13.1. The molecule has 0 aliphatic carbocycles. The lowest BCUT2D eigenvalue weighted by Gasteiger charge is -2.32. The minimum Gasteiger partial charge on any atom is -0.340 e. The molecule has 108 valence electrons. The van der Waals surface area contributed by atoms with Gasteiger partial charge in [0.25, 0.3) is 0 Å². The SMILES string of the molecule is Cc1[nH]ncc1-c1nc(N2CCC(C(C)N)CC2)n[nH]1. The third-order valence-electron chi connectivity index (χ3n) is 4.12. The summed E-state index contributed by atoms with van der Waals surface area (Å²) in [5, 5.41) is 14.2. The molecule has 2 aromatic rings. The van der Waals surface area contributed by atoms with Gasteiger partial charge in [-0.2, -0.15) is 10.1 Å². The Morgan fingerprint density at radius 2 is 2.10 bits per heavy atom. The van der Waals surface area contributed by atoms with Crippen molar-refractivity contribution in [2.24, 2.45) is 11.7 Å². The van der Waals surface area contributed by atoms with Gasteiger partial charge in [-0.25, -0.2) is 0 Å². The number of aryl methyl sites for hydroxylation is 1. The van der Waals surface area contributed by atoms with E-state index in [0.717, 1.165) is 49.0 Å². The standard InChI is InChI=1S/C13H21N7/c1-8(14)10-3-5-20(6-4-10)13-16-12(18-19-13)11-7-15-17-9(11)2/h7-8,10H,3-6,14H2,1-2H3,(H,15,17)(H,16,18,19). The van der Waals surface area contributed by atoms with Crippen molar-refractivity contribution in [2.45, 2.75) is 32.7 Å². The molecule has 0 bridgehead atoms. The number of aromatic amines is 2. The van der Waals surface area contributed by atoms with Gasteiger partial charge in [0, 0.05) is 24.8 Å². The number of nitrogens with one attached hydrogen (secondary N) is 2. The zero-order chi connectivity index (χ0) is 14.1. The van der Waals surface area contributed by atoms with Gasteiger partial charge in [-0.1, -0.05) is 0 Å². The molecule has 0 saturated carbocycles. The van der Waals surface area contributed by atoms with Gasteiger partial charge in [-0.15, -0.1) is 5.10 Å². The Balaban J connectivity index is 1.71. The molecule has 2 aromatic heterocycles. The van der Waals surface area contributed by atoms with Crippen molar-refractivity contribution in [1.29, 1.82) is 0 Å². The van der Waals surface area contributed by atoms with E-state index in [-0.39, 0.29) is 6.04 Å². The molecule has 1 aliphatic rings. The van der Waals surface area contributed by atoms with Gasteiger partial charge in [-0.3, -0.25) is 10.2 Å². The summed E-state index contributed by atoms with van der Waals surface area (Å²) in [4.78, 5) is 6.79. The largest absolute Gasteiger partial charge is 0.340 e. The Kier molecular flexibility index (Phi) is 3.43. The monoisotopic (exact) mass is 275 g/mol. The number of nitrogens with zero attached hydrogens (tertiary/aromatic N) is 4. The van der Waals surface area contributed by atoms with Gasteiger partial charge >= 0.3 is 0 Å². The van der Waals surface area contributed by atoms with Gasteiger partial charge < -0.3 is 10.6 Å². The number of hydrogen-bond acceptors (Lipinski definition) is 5. The molecule has 0 spiro atoms. The lowest BCUT2D eigenvalue weighted by molar-refractivity contribution is 0.352. The highest BCUT2D eigenvalue weighted by Crippen LogP contribution is 2.24. The fourth-order valence-corrected chi connectivity index (χ4v) is 2.73. The average Bonchev–Trinajstić information content (AvgIpc) is 3.07. The number of aromatic nitrogens is 5. The van der Waals surface area contributed by atoms with E-state index in [4.69, 9.17) is 5.73 Å². The van der Waals surface area contributed by atoms with Gasteiger partial charge in [0.2, 0.25) is 5.95 Å². The Morgan fingerprint density at radius 1 is 1.35 bits per heavy atom. The summed E-state index contributed by atoms with van der Waals surface area (Å²) in [6.07, 6.45) is 3.97. The summed E-state index contributed by atoms with van der Waals surface area (Å²) in [7, 11) is 0. The molecular weight excluding hydrogens is 254 g/mol. The minimum atomic E-state index is 0.272. The summed E-state index contributed by atoms with van der Waals surface area (Å²) >= 11 is 0. The highest BCUT2D eigenvalue weighted by molar-refractivity contribution is 5.57. The lowest BCUT2D eigenvalue weighted by Crippen LogP contribution is -2.40.